The van der Waals surface area contributed by atoms with E-state index in [2.05, 4.69) is 4.72 Å². The fraction of sp³-hybridized carbons (Fsp3) is 0.538. The van der Waals surface area contributed by atoms with E-state index >= 15 is 0 Å². The Morgan fingerprint density at radius 2 is 2.06 bits per heavy atom. The average Bonchev–Trinajstić information content (AvgIpc) is 2.26. The van der Waals surface area contributed by atoms with Gasteiger partial charge in [0.2, 0.25) is 10.0 Å². The Hall–Kier alpha value is -0.910. The van der Waals surface area contributed by atoms with Gasteiger partial charge in [-0.2, -0.15) is 0 Å². The Bertz CT molecular complexity index is 533. The van der Waals surface area contributed by atoms with E-state index in [0.29, 0.717) is 5.56 Å². The van der Waals surface area contributed by atoms with Crippen LogP contribution in [0.1, 0.15) is 44.8 Å². The Labute approximate surface area is 108 Å². The van der Waals surface area contributed by atoms with E-state index in [1.54, 1.807) is 25.1 Å². The molecule has 4 nitrogen and oxygen atoms in total. The van der Waals surface area contributed by atoms with Crippen LogP contribution < -0.4 is 4.72 Å². The lowest BCUT2D eigenvalue weighted by Crippen LogP contribution is -2.50. The van der Waals surface area contributed by atoms with Crippen molar-refractivity contribution in [2.75, 3.05) is 0 Å². The van der Waals surface area contributed by atoms with Crippen molar-refractivity contribution in [3.8, 4) is 0 Å². The van der Waals surface area contributed by atoms with E-state index in [1.807, 2.05) is 6.92 Å². The molecular formula is C13H19NO3S. The fourth-order valence-corrected chi connectivity index (χ4v) is 3.65. The number of rotatable bonds is 4. The summed E-state index contributed by atoms with van der Waals surface area (Å²) in [6, 6.07) is 6.44. The number of benzene rings is 1. The van der Waals surface area contributed by atoms with Gasteiger partial charge in [0.15, 0.2) is 0 Å². The lowest BCUT2D eigenvalue weighted by molar-refractivity contribution is 0.199. The molecule has 100 valence electrons. The van der Waals surface area contributed by atoms with Crippen molar-refractivity contribution < 1.29 is 13.5 Å². The molecule has 1 aliphatic carbocycles. The van der Waals surface area contributed by atoms with Gasteiger partial charge in [0.1, 0.15) is 0 Å². The van der Waals surface area contributed by atoms with Crippen LogP contribution in [0.15, 0.2) is 29.2 Å². The number of nitrogens with one attached hydrogen (secondary N) is 1. The average molecular weight is 269 g/mol. The van der Waals surface area contributed by atoms with E-state index in [0.717, 1.165) is 19.3 Å². The third-order valence-corrected chi connectivity index (χ3v) is 5.12. The summed E-state index contributed by atoms with van der Waals surface area (Å²) in [4.78, 5) is 0.217. The van der Waals surface area contributed by atoms with Gasteiger partial charge in [-0.05, 0) is 50.8 Å². The maximum absolute atomic E-state index is 12.2. The lowest BCUT2D eigenvalue weighted by atomic mass is 9.80. The molecule has 2 N–H and O–H groups in total. The van der Waals surface area contributed by atoms with E-state index in [9.17, 15) is 13.5 Å². The minimum atomic E-state index is -3.50. The highest BCUT2D eigenvalue weighted by molar-refractivity contribution is 7.89. The largest absolute Gasteiger partial charge is 0.389 e. The van der Waals surface area contributed by atoms with Crippen molar-refractivity contribution in [1.82, 2.24) is 4.72 Å². The van der Waals surface area contributed by atoms with Gasteiger partial charge in [-0.25, -0.2) is 13.1 Å². The maximum atomic E-state index is 12.2. The molecule has 1 aromatic carbocycles. The fourth-order valence-electron chi connectivity index (χ4n) is 2.13. The second-order valence-electron chi connectivity index (χ2n) is 5.27. The summed E-state index contributed by atoms with van der Waals surface area (Å²) in [5.74, 6) is 0. The molecule has 0 amide bonds. The molecule has 0 spiro atoms. The minimum Gasteiger partial charge on any atom is -0.389 e. The molecule has 1 unspecified atom stereocenters. The first kappa shape index (κ1) is 13.5. The number of sulfonamides is 1. The van der Waals surface area contributed by atoms with Crippen molar-refractivity contribution >= 4 is 10.0 Å². The molecule has 0 aromatic heterocycles. The second kappa shape index (κ2) is 4.64. The zero-order chi connectivity index (χ0) is 13.4. The first-order valence-electron chi connectivity index (χ1n) is 6.14. The topological polar surface area (TPSA) is 66.4 Å². The van der Waals surface area contributed by atoms with Crippen LogP contribution in [0.4, 0.5) is 0 Å². The maximum Gasteiger partial charge on any atom is 0.241 e. The van der Waals surface area contributed by atoms with Crippen LogP contribution in [-0.4, -0.2) is 19.1 Å². The third-order valence-electron chi connectivity index (χ3n) is 3.49. The van der Waals surface area contributed by atoms with Crippen LogP contribution in [0.5, 0.6) is 0 Å². The monoisotopic (exact) mass is 269 g/mol. The standard InChI is InChI=1S/C13H19NO3S/c1-10(15)11-5-3-6-12(9-11)18(16,17)14-13(2)7-4-8-13/h3,5-6,9-10,14-15H,4,7-8H2,1-2H3. The van der Waals surface area contributed by atoms with E-state index < -0.39 is 16.1 Å². The lowest BCUT2D eigenvalue weighted by Gasteiger charge is -2.38. The van der Waals surface area contributed by atoms with Crippen molar-refractivity contribution in [3.05, 3.63) is 29.8 Å². The Kier molecular flexibility index (Phi) is 3.49. The molecule has 0 radical (unpaired) electrons. The first-order valence-corrected chi connectivity index (χ1v) is 7.63. The summed E-state index contributed by atoms with van der Waals surface area (Å²) < 4.78 is 27.2. The van der Waals surface area contributed by atoms with E-state index in [-0.39, 0.29) is 10.4 Å². The Morgan fingerprint density at radius 3 is 2.56 bits per heavy atom. The smallest absolute Gasteiger partial charge is 0.241 e. The quantitative estimate of drug-likeness (QED) is 0.878. The zero-order valence-corrected chi connectivity index (χ0v) is 11.5. The minimum absolute atomic E-state index is 0.217. The van der Waals surface area contributed by atoms with E-state index in [4.69, 9.17) is 0 Å². The number of hydrogen-bond donors (Lipinski definition) is 2. The van der Waals surface area contributed by atoms with Gasteiger partial charge in [0.05, 0.1) is 11.0 Å². The van der Waals surface area contributed by atoms with Crippen LogP contribution in [-0.2, 0) is 10.0 Å². The van der Waals surface area contributed by atoms with Gasteiger partial charge in [0.25, 0.3) is 0 Å². The summed E-state index contributed by atoms with van der Waals surface area (Å²) in [6.45, 7) is 3.54. The van der Waals surface area contributed by atoms with Crippen molar-refractivity contribution in [3.63, 3.8) is 0 Å². The number of aliphatic hydroxyl groups excluding tert-OH is 1. The highest BCUT2D eigenvalue weighted by atomic mass is 32.2. The highest BCUT2D eigenvalue weighted by Crippen LogP contribution is 2.32. The SMILES string of the molecule is CC(O)c1cccc(S(=O)(=O)NC2(C)CCC2)c1. The first-order chi connectivity index (χ1) is 8.32. The molecule has 5 heteroatoms. The van der Waals surface area contributed by atoms with Crippen LogP contribution in [0.3, 0.4) is 0 Å². The molecule has 1 aromatic rings. The van der Waals surface area contributed by atoms with Crippen LogP contribution in [0.2, 0.25) is 0 Å². The zero-order valence-electron chi connectivity index (χ0n) is 10.7. The number of hydrogen-bond acceptors (Lipinski definition) is 3. The van der Waals surface area contributed by atoms with Crippen LogP contribution >= 0.6 is 0 Å². The molecular weight excluding hydrogens is 250 g/mol. The summed E-state index contributed by atoms with van der Waals surface area (Å²) in [5, 5.41) is 9.49. The van der Waals surface area contributed by atoms with E-state index in [1.165, 1.54) is 6.07 Å². The van der Waals surface area contributed by atoms with Crippen molar-refractivity contribution in [2.45, 2.75) is 49.6 Å². The van der Waals surface area contributed by atoms with Crippen molar-refractivity contribution in [2.24, 2.45) is 0 Å². The number of aliphatic hydroxyl groups is 1. The Morgan fingerprint density at radius 1 is 1.39 bits per heavy atom. The molecule has 0 bridgehead atoms. The van der Waals surface area contributed by atoms with Gasteiger partial charge in [-0.15, -0.1) is 0 Å². The predicted molar refractivity (Wildman–Crippen MR) is 69.7 cm³/mol. The third kappa shape index (κ3) is 2.74. The molecule has 1 fully saturated rings. The van der Waals surface area contributed by atoms with Gasteiger partial charge < -0.3 is 5.11 Å². The summed E-state index contributed by atoms with van der Waals surface area (Å²) in [6.07, 6.45) is 2.15. The second-order valence-corrected chi connectivity index (χ2v) is 6.95. The molecule has 1 aliphatic rings. The molecule has 1 atom stereocenters. The predicted octanol–water partition coefficient (Wildman–Crippen LogP) is 1.96. The molecule has 0 saturated heterocycles. The molecule has 2 rings (SSSR count). The normalized spacial score (nSPS) is 20.2. The van der Waals surface area contributed by atoms with Crippen LogP contribution in [0, 0.1) is 0 Å². The van der Waals surface area contributed by atoms with Gasteiger partial charge in [-0.3, -0.25) is 0 Å². The molecule has 1 saturated carbocycles. The van der Waals surface area contributed by atoms with Gasteiger partial charge >= 0.3 is 0 Å². The molecule has 0 heterocycles. The van der Waals surface area contributed by atoms with Gasteiger partial charge in [0, 0.05) is 5.54 Å². The molecule has 0 aliphatic heterocycles. The van der Waals surface area contributed by atoms with Gasteiger partial charge in [-0.1, -0.05) is 12.1 Å². The molecule has 18 heavy (non-hydrogen) atoms. The van der Waals surface area contributed by atoms with Crippen molar-refractivity contribution in [1.29, 1.82) is 0 Å². The Balaban J connectivity index is 2.26. The summed E-state index contributed by atoms with van der Waals surface area (Å²) in [7, 11) is -3.50. The highest BCUT2D eigenvalue weighted by Gasteiger charge is 2.36. The summed E-state index contributed by atoms with van der Waals surface area (Å²) in [5.41, 5.74) is 0.302. The van der Waals surface area contributed by atoms with Crippen LogP contribution in [0.25, 0.3) is 0 Å². The summed E-state index contributed by atoms with van der Waals surface area (Å²) >= 11 is 0.